The lowest BCUT2D eigenvalue weighted by Crippen LogP contribution is -2.26. The summed E-state index contributed by atoms with van der Waals surface area (Å²) in [7, 11) is 0. The van der Waals surface area contributed by atoms with Crippen LogP contribution in [0.5, 0.6) is 0 Å². The number of esters is 1. The third kappa shape index (κ3) is 7.31. The molecule has 8 nitrogen and oxygen atoms in total. The van der Waals surface area contributed by atoms with E-state index in [1.54, 1.807) is 19.1 Å². The summed E-state index contributed by atoms with van der Waals surface area (Å²) in [6.45, 7) is 6.70. The van der Waals surface area contributed by atoms with E-state index in [0.717, 1.165) is 28.8 Å². The van der Waals surface area contributed by atoms with Gasteiger partial charge in [0, 0.05) is 28.9 Å². The lowest BCUT2D eigenvalue weighted by Gasteiger charge is -2.26. The van der Waals surface area contributed by atoms with Crippen LogP contribution < -0.4 is 10.6 Å². The number of nitrogens with zero attached hydrogens (tertiary/aromatic N) is 2. The van der Waals surface area contributed by atoms with Crippen molar-refractivity contribution in [1.29, 1.82) is 0 Å². The monoisotopic (exact) mass is 526 g/mol. The number of carbonyl (C=O) groups excluding carboxylic acids is 2. The van der Waals surface area contributed by atoms with Crippen LogP contribution in [0.1, 0.15) is 55.6 Å². The second-order valence-corrected chi connectivity index (χ2v) is 9.31. The van der Waals surface area contributed by atoms with Gasteiger partial charge in [0.05, 0.1) is 19.1 Å². The van der Waals surface area contributed by atoms with Crippen LogP contribution in [0.4, 0.5) is 5.69 Å². The summed E-state index contributed by atoms with van der Waals surface area (Å²) in [6.07, 6.45) is 1.14. The lowest BCUT2D eigenvalue weighted by atomic mass is 9.91. The summed E-state index contributed by atoms with van der Waals surface area (Å²) in [6, 6.07) is 25.3. The van der Waals surface area contributed by atoms with Crippen LogP contribution in [0.3, 0.4) is 0 Å². The molecule has 0 aliphatic carbocycles. The molecule has 0 saturated heterocycles. The molecule has 1 heterocycles. The number of ether oxygens (including phenoxy) is 1. The number of nitrogens with one attached hydrogen (secondary N) is 2. The SMILES string of the molecule is CCOC(=O)CCNC(=O)c1ccc(N[C@H](c2ccc(-c3nc(-c4ccccc4)no3)cc2)C(C)CC)cc1. The van der Waals surface area contributed by atoms with Gasteiger partial charge in [-0.05, 0) is 54.8 Å². The summed E-state index contributed by atoms with van der Waals surface area (Å²) >= 11 is 0. The number of rotatable bonds is 12. The molecule has 0 aliphatic rings. The van der Waals surface area contributed by atoms with Crippen LogP contribution in [0.15, 0.2) is 83.4 Å². The Bertz CT molecular complexity index is 1350. The summed E-state index contributed by atoms with van der Waals surface area (Å²) in [5.74, 6) is 0.844. The normalized spacial score (nSPS) is 12.4. The van der Waals surface area contributed by atoms with Crippen LogP contribution in [0.25, 0.3) is 22.8 Å². The molecule has 202 valence electrons. The molecule has 1 amide bonds. The van der Waals surface area contributed by atoms with Crippen molar-refractivity contribution in [2.45, 2.75) is 39.7 Å². The van der Waals surface area contributed by atoms with Gasteiger partial charge in [-0.2, -0.15) is 4.98 Å². The minimum atomic E-state index is -0.324. The zero-order valence-corrected chi connectivity index (χ0v) is 22.5. The van der Waals surface area contributed by atoms with Crippen molar-refractivity contribution in [1.82, 2.24) is 15.5 Å². The highest BCUT2D eigenvalue weighted by molar-refractivity contribution is 5.94. The van der Waals surface area contributed by atoms with Crippen molar-refractivity contribution >= 4 is 17.6 Å². The van der Waals surface area contributed by atoms with Gasteiger partial charge in [-0.25, -0.2) is 0 Å². The number of amides is 1. The van der Waals surface area contributed by atoms with Gasteiger partial charge in [0.15, 0.2) is 0 Å². The zero-order valence-electron chi connectivity index (χ0n) is 22.5. The van der Waals surface area contributed by atoms with Crippen molar-refractivity contribution in [2.75, 3.05) is 18.5 Å². The average Bonchev–Trinajstić information content (AvgIpc) is 3.47. The van der Waals surface area contributed by atoms with E-state index in [1.807, 2.05) is 54.6 Å². The minimum Gasteiger partial charge on any atom is -0.466 e. The molecular weight excluding hydrogens is 492 g/mol. The van der Waals surface area contributed by atoms with E-state index in [0.29, 0.717) is 29.8 Å². The third-order valence-corrected chi connectivity index (χ3v) is 6.58. The maximum Gasteiger partial charge on any atom is 0.307 e. The molecule has 3 aromatic carbocycles. The van der Waals surface area contributed by atoms with Gasteiger partial charge < -0.3 is 19.9 Å². The molecule has 2 atom stereocenters. The molecule has 8 heteroatoms. The molecule has 2 N–H and O–H groups in total. The van der Waals surface area contributed by atoms with Crippen molar-refractivity contribution in [3.05, 3.63) is 90.0 Å². The largest absolute Gasteiger partial charge is 0.466 e. The van der Waals surface area contributed by atoms with E-state index >= 15 is 0 Å². The zero-order chi connectivity index (χ0) is 27.6. The topological polar surface area (TPSA) is 106 Å². The second-order valence-electron chi connectivity index (χ2n) is 9.31. The number of hydrogen-bond donors (Lipinski definition) is 2. The molecule has 1 aromatic heterocycles. The fraction of sp³-hybridized carbons (Fsp3) is 0.290. The molecule has 4 rings (SSSR count). The van der Waals surface area contributed by atoms with Crippen molar-refractivity contribution in [3.8, 4) is 22.8 Å². The predicted octanol–water partition coefficient (Wildman–Crippen LogP) is 6.29. The Morgan fingerprint density at radius 2 is 1.64 bits per heavy atom. The number of hydrogen-bond acceptors (Lipinski definition) is 7. The smallest absolute Gasteiger partial charge is 0.307 e. The molecule has 0 bridgehead atoms. The molecule has 1 unspecified atom stereocenters. The van der Waals surface area contributed by atoms with Crippen molar-refractivity contribution in [3.63, 3.8) is 0 Å². The highest BCUT2D eigenvalue weighted by atomic mass is 16.5. The Morgan fingerprint density at radius 3 is 2.31 bits per heavy atom. The summed E-state index contributed by atoms with van der Waals surface area (Å²) in [5, 5.41) is 10.5. The maximum absolute atomic E-state index is 12.4. The highest BCUT2D eigenvalue weighted by Crippen LogP contribution is 2.31. The Hall–Kier alpha value is -4.46. The Kier molecular flexibility index (Phi) is 9.45. The molecular formula is C31H34N4O4. The Labute approximate surface area is 228 Å². The fourth-order valence-corrected chi connectivity index (χ4v) is 4.18. The summed E-state index contributed by atoms with van der Waals surface area (Å²) < 4.78 is 10.4. The molecule has 0 radical (unpaired) electrons. The number of benzene rings is 3. The first-order chi connectivity index (χ1) is 19.0. The standard InChI is InChI=1S/C31H34N4O4/c1-4-21(3)28(33-26-17-15-24(16-18-26)30(37)32-20-19-27(36)38-5-2)22-11-13-25(14-12-22)31-34-29(35-39-31)23-9-7-6-8-10-23/h6-18,21,28,33H,4-5,19-20H2,1-3H3,(H,32,37)/t21?,28-/m0/s1. The van der Waals surface area contributed by atoms with E-state index in [2.05, 4.69) is 46.8 Å². The first kappa shape index (κ1) is 27.6. The number of anilines is 1. The first-order valence-electron chi connectivity index (χ1n) is 13.3. The minimum absolute atomic E-state index is 0.0656. The fourth-order valence-electron chi connectivity index (χ4n) is 4.18. The van der Waals surface area contributed by atoms with E-state index < -0.39 is 0 Å². The van der Waals surface area contributed by atoms with Gasteiger partial charge >= 0.3 is 5.97 Å². The average molecular weight is 527 g/mol. The van der Waals surface area contributed by atoms with E-state index in [9.17, 15) is 9.59 Å². The summed E-state index contributed by atoms with van der Waals surface area (Å²) in [4.78, 5) is 28.4. The van der Waals surface area contributed by atoms with Gasteiger partial charge in [0.1, 0.15) is 0 Å². The van der Waals surface area contributed by atoms with Crippen LogP contribution in [-0.4, -0.2) is 35.2 Å². The van der Waals surface area contributed by atoms with Gasteiger partial charge in [0.2, 0.25) is 5.82 Å². The van der Waals surface area contributed by atoms with Crippen LogP contribution in [-0.2, 0) is 9.53 Å². The number of aromatic nitrogens is 2. The quantitative estimate of drug-likeness (QED) is 0.209. The third-order valence-electron chi connectivity index (χ3n) is 6.58. The van der Waals surface area contributed by atoms with Gasteiger partial charge in [-0.1, -0.05) is 67.9 Å². The van der Waals surface area contributed by atoms with Crippen LogP contribution in [0.2, 0.25) is 0 Å². The van der Waals surface area contributed by atoms with E-state index in [4.69, 9.17) is 9.26 Å². The molecule has 0 spiro atoms. The van der Waals surface area contributed by atoms with Crippen molar-refractivity contribution in [2.24, 2.45) is 5.92 Å². The Morgan fingerprint density at radius 1 is 0.923 bits per heavy atom. The van der Waals surface area contributed by atoms with Crippen LogP contribution in [0, 0.1) is 5.92 Å². The van der Waals surface area contributed by atoms with Gasteiger partial charge in [0.25, 0.3) is 11.8 Å². The van der Waals surface area contributed by atoms with E-state index in [-0.39, 0.29) is 30.9 Å². The second kappa shape index (κ2) is 13.4. The maximum atomic E-state index is 12.4. The van der Waals surface area contributed by atoms with Crippen LogP contribution >= 0.6 is 0 Å². The predicted molar refractivity (Wildman–Crippen MR) is 151 cm³/mol. The number of carbonyl (C=O) groups is 2. The molecule has 0 aliphatic heterocycles. The molecule has 4 aromatic rings. The van der Waals surface area contributed by atoms with E-state index in [1.165, 1.54) is 0 Å². The highest BCUT2D eigenvalue weighted by Gasteiger charge is 2.19. The molecule has 0 saturated carbocycles. The van der Waals surface area contributed by atoms with Gasteiger partial charge in [-0.15, -0.1) is 0 Å². The Balaban J connectivity index is 1.41. The molecule has 0 fully saturated rings. The first-order valence-corrected chi connectivity index (χ1v) is 13.3. The molecule has 39 heavy (non-hydrogen) atoms. The van der Waals surface area contributed by atoms with Crippen molar-refractivity contribution < 1.29 is 18.8 Å². The van der Waals surface area contributed by atoms with Gasteiger partial charge in [-0.3, -0.25) is 9.59 Å². The lowest BCUT2D eigenvalue weighted by molar-refractivity contribution is -0.142. The summed E-state index contributed by atoms with van der Waals surface area (Å²) in [5.41, 5.74) is 4.34.